The normalized spacial score (nSPS) is 16.9. The molecule has 1 aliphatic carbocycles. The Labute approximate surface area is 184 Å². The van der Waals surface area contributed by atoms with Crippen molar-refractivity contribution in [3.63, 3.8) is 0 Å². The first-order valence-electron chi connectivity index (χ1n) is 10.2. The van der Waals surface area contributed by atoms with Gasteiger partial charge in [0.1, 0.15) is 12.6 Å². The van der Waals surface area contributed by atoms with Gasteiger partial charge in [-0.25, -0.2) is 9.59 Å². The van der Waals surface area contributed by atoms with Crippen LogP contribution in [0.5, 0.6) is 0 Å². The Hall–Kier alpha value is -3.31. The zero-order valence-corrected chi connectivity index (χ0v) is 17.4. The number of nitrogens with zero attached hydrogens (tertiary/aromatic N) is 1. The molecule has 5 nitrogen and oxygen atoms in total. The van der Waals surface area contributed by atoms with Crippen LogP contribution in [-0.2, 0) is 22.5 Å². The van der Waals surface area contributed by atoms with Gasteiger partial charge in [0.2, 0.25) is 0 Å². The molecule has 1 amide bonds. The van der Waals surface area contributed by atoms with Gasteiger partial charge in [0.25, 0.3) is 0 Å². The highest BCUT2D eigenvalue weighted by molar-refractivity contribution is 6.31. The molecule has 1 heterocycles. The highest BCUT2D eigenvalue weighted by Crippen LogP contribution is 2.44. The van der Waals surface area contributed by atoms with Gasteiger partial charge in [0, 0.05) is 17.4 Å². The molecule has 5 rings (SSSR count). The largest absolute Gasteiger partial charge is 0.480 e. The van der Waals surface area contributed by atoms with Crippen molar-refractivity contribution in [1.29, 1.82) is 0 Å². The lowest BCUT2D eigenvalue weighted by Crippen LogP contribution is -2.49. The van der Waals surface area contributed by atoms with Crippen LogP contribution in [0.25, 0.3) is 11.1 Å². The van der Waals surface area contributed by atoms with Crippen LogP contribution in [0.1, 0.15) is 28.2 Å². The summed E-state index contributed by atoms with van der Waals surface area (Å²) >= 11 is 6.31. The van der Waals surface area contributed by atoms with E-state index in [9.17, 15) is 14.7 Å². The molecule has 3 aromatic rings. The maximum atomic E-state index is 13.0. The van der Waals surface area contributed by atoms with Crippen LogP contribution in [0.4, 0.5) is 4.79 Å². The predicted octanol–water partition coefficient (Wildman–Crippen LogP) is 5.10. The monoisotopic (exact) mass is 433 g/mol. The average Bonchev–Trinajstić information content (AvgIpc) is 3.11. The fourth-order valence-corrected chi connectivity index (χ4v) is 4.91. The number of benzene rings is 3. The summed E-state index contributed by atoms with van der Waals surface area (Å²) in [5, 5.41) is 10.2. The standard InChI is InChI=1S/C25H20ClNO4/c26-22-11-5-6-15-12-23(24(28)29)27(13-20(15)22)25(30)31-14-21-18-9-3-1-7-16(18)17-8-2-4-10-19(17)21/h1-11,21,23H,12-14H2,(H,28,29)/t23-/m0/s1. The van der Waals surface area contributed by atoms with Gasteiger partial charge in [-0.05, 0) is 39.4 Å². The minimum Gasteiger partial charge on any atom is -0.480 e. The van der Waals surface area contributed by atoms with E-state index in [1.807, 2.05) is 42.5 Å². The molecule has 0 aromatic heterocycles. The summed E-state index contributed by atoms with van der Waals surface area (Å²) in [5.41, 5.74) is 6.12. The first-order chi connectivity index (χ1) is 15.0. The van der Waals surface area contributed by atoms with Crippen molar-refractivity contribution in [2.24, 2.45) is 0 Å². The summed E-state index contributed by atoms with van der Waals surface area (Å²) in [6.45, 7) is 0.258. The van der Waals surface area contributed by atoms with Crippen LogP contribution in [0.3, 0.4) is 0 Å². The maximum absolute atomic E-state index is 13.0. The number of hydrogen-bond acceptors (Lipinski definition) is 3. The fraction of sp³-hybridized carbons (Fsp3) is 0.200. The van der Waals surface area contributed by atoms with Crippen molar-refractivity contribution in [3.05, 3.63) is 94.0 Å². The average molecular weight is 434 g/mol. The summed E-state index contributed by atoms with van der Waals surface area (Å²) < 4.78 is 5.70. The molecule has 0 radical (unpaired) electrons. The Balaban J connectivity index is 1.39. The van der Waals surface area contributed by atoms with Gasteiger partial charge in [-0.15, -0.1) is 0 Å². The first kappa shape index (κ1) is 19.6. The minimum atomic E-state index is -1.06. The van der Waals surface area contributed by atoms with Crippen molar-refractivity contribution in [1.82, 2.24) is 4.90 Å². The topological polar surface area (TPSA) is 66.8 Å². The molecule has 0 unspecified atom stereocenters. The third-order valence-electron chi connectivity index (χ3n) is 6.19. The number of ether oxygens (including phenoxy) is 1. The number of carboxylic acids is 1. The van der Waals surface area contributed by atoms with Crippen molar-refractivity contribution < 1.29 is 19.4 Å². The first-order valence-corrected chi connectivity index (χ1v) is 10.5. The Bertz CT molecular complexity index is 1150. The number of carboxylic acid groups (broad SMARTS) is 1. The van der Waals surface area contributed by atoms with Crippen LogP contribution in [0.15, 0.2) is 66.7 Å². The van der Waals surface area contributed by atoms with Gasteiger partial charge in [0.15, 0.2) is 0 Å². The Morgan fingerprint density at radius 2 is 1.61 bits per heavy atom. The predicted molar refractivity (Wildman–Crippen MR) is 117 cm³/mol. The van der Waals surface area contributed by atoms with Gasteiger partial charge in [-0.2, -0.15) is 0 Å². The SMILES string of the molecule is O=C(O)[C@@H]1Cc2cccc(Cl)c2CN1C(=O)OCC1c2ccccc2-c2ccccc21. The second-order valence-corrected chi connectivity index (χ2v) is 8.27. The molecule has 1 atom stereocenters. The van der Waals surface area contributed by atoms with E-state index in [-0.39, 0.29) is 25.5 Å². The number of carbonyl (C=O) groups is 2. The summed E-state index contributed by atoms with van der Waals surface area (Å²) in [7, 11) is 0. The zero-order valence-electron chi connectivity index (χ0n) is 16.6. The molecule has 0 spiro atoms. The van der Waals surface area contributed by atoms with Crippen LogP contribution in [0.2, 0.25) is 5.02 Å². The number of halogens is 1. The molecule has 3 aromatic carbocycles. The highest BCUT2D eigenvalue weighted by Gasteiger charge is 2.37. The highest BCUT2D eigenvalue weighted by atomic mass is 35.5. The lowest BCUT2D eigenvalue weighted by atomic mass is 9.94. The van der Waals surface area contributed by atoms with Gasteiger partial charge < -0.3 is 9.84 Å². The van der Waals surface area contributed by atoms with E-state index in [0.717, 1.165) is 33.4 Å². The van der Waals surface area contributed by atoms with E-state index < -0.39 is 18.1 Å². The Kier molecular flexibility index (Phi) is 4.91. The molecule has 0 fully saturated rings. The van der Waals surface area contributed by atoms with Gasteiger partial charge in [-0.3, -0.25) is 4.90 Å². The van der Waals surface area contributed by atoms with Gasteiger partial charge >= 0.3 is 12.1 Å². The van der Waals surface area contributed by atoms with Crippen LogP contribution < -0.4 is 0 Å². The third-order valence-corrected chi connectivity index (χ3v) is 6.54. The van der Waals surface area contributed by atoms with E-state index in [0.29, 0.717) is 5.02 Å². The number of amides is 1. The van der Waals surface area contributed by atoms with Crippen molar-refractivity contribution in [3.8, 4) is 11.1 Å². The molecule has 2 aliphatic rings. The molecular formula is C25H20ClNO4. The Morgan fingerprint density at radius 3 is 2.26 bits per heavy atom. The van der Waals surface area contributed by atoms with Gasteiger partial charge in [0.05, 0.1) is 6.54 Å². The Morgan fingerprint density at radius 1 is 0.968 bits per heavy atom. The molecule has 1 aliphatic heterocycles. The van der Waals surface area contributed by atoms with Crippen LogP contribution >= 0.6 is 11.6 Å². The van der Waals surface area contributed by atoms with E-state index in [1.54, 1.807) is 12.1 Å². The van der Waals surface area contributed by atoms with Crippen molar-refractivity contribution in [2.45, 2.75) is 24.9 Å². The number of fused-ring (bicyclic) bond motifs is 4. The molecule has 0 saturated carbocycles. The molecule has 1 N–H and O–H groups in total. The molecule has 0 bridgehead atoms. The van der Waals surface area contributed by atoms with Crippen LogP contribution in [-0.4, -0.2) is 34.7 Å². The van der Waals surface area contributed by atoms with Crippen molar-refractivity contribution in [2.75, 3.05) is 6.61 Å². The summed E-state index contributed by atoms with van der Waals surface area (Å²) in [4.78, 5) is 26.1. The number of hydrogen-bond donors (Lipinski definition) is 1. The lowest BCUT2D eigenvalue weighted by molar-refractivity contribution is -0.143. The van der Waals surface area contributed by atoms with E-state index in [2.05, 4.69) is 12.1 Å². The smallest absolute Gasteiger partial charge is 0.410 e. The van der Waals surface area contributed by atoms with E-state index >= 15 is 0 Å². The third kappa shape index (κ3) is 3.35. The lowest BCUT2D eigenvalue weighted by Gasteiger charge is -2.34. The number of carbonyl (C=O) groups excluding carboxylic acids is 1. The summed E-state index contributed by atoms with van der Waals surface area (Å²) in [6.07, 6.45) is -0.435. The van der Waals surface area contributed by atoms with Gasteiger partial charge in [-0.1, -0.05) is 72.3 Å². The van der Waals surface area contributed by atoms with E-state index in [4.69, 9.17) is 16.3 Å². The summed E-state index contributed by atoms with van der Waals surface area (Å²) in [5.74, 6) is -1.14. The number of aliphatic carboxylic acids is 1. The summed E-state index contributed by atoms with van der Waals surface area (Å²) in [6, 6.07) is 20.6. The minimum absolute atomic E-state index is 0.0831. The molecule has 156 valence electrons. The second kappa shape index (κ2) is 7.75. The zero-order chi connectivity index (χ0) is 21.5. The fourth-order valence-electron chi connectivity index (χ4n) is 4.66. The molecule has 31 heavy (non-hydrogen) atoms. The quantitative estimate of drug-likeness (QED) is 0.624. The van der Waals surface area contributed by atoms with E-state index in [1.165, 1.54) is 4.90 Å². The molecular weight excluding hydrogens is 414 g/mol. The van der Waals surface area contributed by atoms with Crippen molar-refractivity contribution >= 4 is 23.7 Å². The second-order valence-electron chi connectivity index (χ2n) is 7.87. The van der Waals surface area contributed by atoms with Crippen LogP contribution in [0, 0.1) is 0 Å². The molecule has 0 saturated heterocycles. The number of rotatable bonds is 3. The maximum Gasteiger partial charge on any atom is 0.410 e. The molecule has 6 heteroatoms.